The molecule has 16 nitrogen and oxygen atoms in total. The van der Waals surface area contributed by atoms with Gasteiger partial charge in [0.2, 0.25) is 17.5 Å². The summed E-state index contributed by atoms with van der Waals surface area (Å²) in [6.45, 7) is -0.943. The highest BCUT2D eigenvalue weighted by molar-refractivity contribution is 5.88. The first kappa shape index (κ1) is 30.7. The number of phenols is 3. The van der Waals surface area contributed by atoms with Gasteiger partial charge < -0.3 is 74.1 Å². The van der Waals surface area contributed by atoms with Crippen LogP contribution < -0.4 is 14.9 Å². The Hall–Kier alpha value is -3.71. The Morgan fingerprint density at radius 3 is 2.30 bits per heavy atom. The topological polar surface area (TPSA) is 258 Å². The van der Waals surface area contributed by atoms with E-state index in [0.717, 1.165) is 12.1 Å². The third kappa shape index (κ3) is 5.79. The Bertz CT molecular complexity index is 1520. The summed E-state index contributed by atoms with van der Waals surface area (Å²) in [5.41, 5.74) is -1.11. The standard InChI is InChI=1S/C27H30O16/c1-38-14-4-9(2-3-11(14)29)24-25(20(34)17-12(30)5-10(28)6-15(17)41-24)43-27-23(37)21(35)19(33)16(42-27)8-40-26-22(36)18(32)13(31)7-39-26/h2-6,13,16,18-19,21-23,26-33,35-37H,7-8H2,1H3/t13-,16+,18-,19+,21-,22-,23-,26+,27+/m1/s1. The Kier molecular flexibility index (Phi) is 8.66. The smallest absolute Gasteiger partial charge is 0.239 e. The van der Waals surface area contributed by atoms with Crippen LogP contribution in [0.5, 0.6) is 28.7 Å². The lowest BCUT2D eigenvalue weighted by Crippen LogP contribution is -2.61. The molecule has 234 valence electrons. The summed E-state index contributed by atoms with van der Waals surface area (Å²) in [6, 6.07) is 5.83. The molecule has 3 aromatic rings. The number of ether oxygens (including phenoxy) is 5. The lowest BCUT2D eigenvalue weighted by molar-refractivity contribution is -0.307. The Labute approximate surface area is 241 Å². The van der Waals surface area contributed by atoms with E-state index in [-0.39, 0.29) is 35.0 Å². The average Bonchev–Trinajstić information content (AvgIpc) is 2.97. The summed E-state index contributed by atoms with van der Waals surface area (Å²) in [7, 11) is 1.28. The van der Waals surface area contributed by atoms with Crippen LogP contribution in [0.2, 0.25) is 0 Å². The molecule has 0 amide bonds. The van der Waals surface area contributed by atoms with Gasteiger partial charge in [0.05, 0.1) is 20.3 Å². The van der Waals surface area contributed by atoms with Crippen LogP contribution in [0.1, 0.15) is 0 Å². The number of hydrogen-bond donors (Lipinski definition) is 9. The number of aliphatic hydroxyl groups excluding tert-OH is 6. The summed E-state index contributed by atoms with van der Waals surface area (Å²) in [6.07, 6.45) is -14.9. The summed E-state index contributed by atoms with van der Waals surface area (Å²) in [4.78, 5) is 13.6. The number of aliphatic hydroxyl groups is 6. The number of phenolic OH excluding ortho intramolecular Hbond substituents is 3. The number of aromatic hydroxyl groups is 3. The van der Waals surface area contributed by atoms with E-state index in [1.54, 1.807) is 0 Å². The van der Waals surface area contributed by atoms with E-state index in [4.69, 9.17) is 28.1 Å². The summed E-state index contributed by atoms with van der Waals surface area (Å²) in [5.74, 6) is -2.27. The molecule has 3 heterocycles. The molecular formula is C27H30O16. The minimum atomic E-state index is -1.94. The lowest BCUT2D eigenvalue weighted by Gasteiger charge is -2.41. The average molecular weight is 611 g/mol. The van der Waals surface area contributed by atoms with Crippen molar-refractivity contribution < 1.29 is 74.1 Å². The molecule has 2 aliphatic rings. The van der Waals surface area contributed by atoms with Crippen molar-refractivity contribution in [2.24, 2.45) is 0 Å². The molecule has 2 saturated heterocycles. The first-order valence-electron chi connectivity index (χ1n) is 12.9. The maximum atomic E-state index is 13.6. The number of hydrogen-bond acceptors (Lipinski definition) is 16. The molecule has 43 heavy (non-hydrogen) atoms. The van der Waals surface area contributed by atoms with Crippen molar-refractivity contribution in [1.29, 1.82) is 0 Å². The zero-order valence-electron chi connectivity index (χ0n) is 22.4. The Morgan fingerprint density at radius 1 is 0.860 bits per heavy atom. The molecule has 5 rings (SSSR count). The predicted molar refractivity (Wildman–Crippen MR) is 140 cm³/mol. The fourth-order valence-electron chi connectivity index (χ4n) is 4.77. The van der Waals surface area contributed by atoms with Crippen molar-refractivity contribution in [2.75, 3.05) is 20.3 Å². The van der Waals surface area contributed by atoms with Crippen LogP contribution >= 0.6 is 0 Å². The maximum absolute atomic E-state index is 13.6. The van der Waals surface area contributed by atoms with Crippen molar-refractivity contribution >= 4 is 11.0 Å². The fraction of sp³-hybridized carbons (Fsp3) is 0.444. The van der Waals surface area contributed by atoms with E-state index in [1.807, 2.05) is 0 Å². The normalized spacial score (nSPS) is 31.2. The molecule has 9 N–H and O–H groups in total. The van der Waals surface area contributed by atoms with Crippen LogP contribution in [0, 0.1) is 0 Å². The van der Waals surface area contributed by atoms with Crippen molar-refractivity contribution in [2.45, 2.75) is 55.3 Å². The summed E-state index contributed by atoms with van der Waals surface area (Å²) in [5, 5.41) is 91.3. The van der Waals surface area contributed by atoms with Gasteiger partial charge in [0.15, 0.2) is 23.5 Å². The highest BCUT2D eigenvalue weighted by Crippen LogP contribution is 2.39. The molecule has 0 aliphatic carbocycles. The third-order valence-electron chi connectivity index (χ3n) is 7.14. The van der Waals surface area contributed by atoms with Crippen molar-refractivity contribution in [3.63, 3.8) is 0 Å². The van der Waals surface area contributed by atoms with Gasteiger partial charge in [0.25, 0.3) is 0 Å². The van der Waals surface area contributed by atoms with Crippen LogP contribution in [-0.4, -0.2) is 122 Å². The first-order chi connectivity index (χ1) is 20.4. The van der Waals surface area contributed by atoms with Gasteiger partial charge in [0, 0.05) is 17.7 Å². The SMILES string of the molecule is COc1cc(-c2oc3cc(O)cc(O)c3c(=O)c2O[C@@H]2O[C@@H](CO[C@@H]3OC[C@@H](O)[C@@H](O)[C@H]3O)[C@H](O)[C@@H](O)[C@H]2O)ccc1O. The van der Waals surface area contributed by atoms with Gasteiger partial charge in [-0.15, -0.1) is 0 Å². The van der Waals surface area contributed by atoms with Crippen LogP contribution in [-0.2, 0) is 14.2 Å². The van der Waals surface area contributed by atoms with Gasteiger partial charge in [0.1, 0.15) is 65.2 Å². The van der Waals surface area contributed by atoms with Crippen LogP contribution in [0.25, 0.3) is 22.3 Å². The zero-order valence-corrected chi connectivity index (χ0v) is 22.4. The molecular weight excluding hydrogens is 580 g/mol. The molecule has 0 bridgehead atoms. The highest BCUT2D eigenvalue weighted by atomic mass is 16.7. The molecule has 0 spiro atoms. The lowest BCUT2D eigenvalue weighted by atomic mass is 9.99. The van der Waals surface area contributed by atoms with E-state index in [1.165, 1.54) is 25.3 Å². The van der Waals surface area contributed by atoms with Crippen molar-refractivity contribution in [1.82, 2.24) is 0 Å². The summed E-state index contributed by atoms with van der Waals surface area (Å²) < 4.78 is 32.9. The second-order valence-corrected chi connectivity index (χ2v) is 10.0. The molecule has 0 radical (unpaired) electrons. The molecule has 9 atom stereocenters. The van der Waals surface area contributed by atoms with E-state index in [0.29, 0.717) is 0 Å². The van der Waals surface area contributed by atoms with Gasteiger partial charge in [-0.3, -0.25) is 4.79 Å². The molecule has 2 fully saturated rings. The molecule has 0 saturated carbocycles. The maximum Gasteiger partial charge on any atom is 0.239 e. The summed E-state index contributed by atoms with van der Waals surface area (Å²) >= 11 is 0. The van der Waals surface area contributed by atoms with Gasteiger partial charge in [-0.2, -0.15) is 0 Å². The Balaban J connectivity index is 1.49. The van der Waals surface area contributed by atoms with E-state index >= 15 is 0 Å². The van der Waals surface area contributed by atoms with Crippen LogP contribution in [0.3, 0.4) is 0 Å². The quantitative estimate of drug-likeness (QED) is 0.143. The second kappa shape index (κ2) is 12.1. The van der Waals surface area contributed by atoms with Crippen LogP contribution in [0.15, 0.2) is 39.5 Å². The predicted octanol–water partition coefficient (Wildman–Crippen LogP) is -1.77. The minimum absolute atomic E-state index is 0.0144. The minimum Gasteiger partial charge on any atom is -0.508 e. The molecule has 16 heteroatoms. The number of benzene rings is 2. The van der Waals surface area contributed by atoms with E-state index in [2.05, 4.69) is 0 Å². The Morgan fingerprint density at radius 2 is 1.58 bits per heavy atom. The molecule has 2 aliphatic heterocycles. The third-order valence-corrected chi connectivity index (χ3v) is 7.14. The van der Waals surface area contributed by atoms with Gasteiger partial charge in [-0.25, -0.2) is 0 Å². The molecule has 2 aromatic carbocycles. The van der Waals surface area contributed by atoms with Crippen molar-refractivity contribution in [3.05, 3.63) is 40.6 Å². The van der Waals surface area contributed by atoms with Gasteiger partial charge >= 0.3 is 0 Å². The van der Waals surface area contributed by atoms with Gasteiger partial charge in [-0.1, -0.05) is 0 Å². The highest BCUT2D eigenvalue weighted by Gasteiger charge is 2.47. The number of methoxy groups -OCH3 is 1. The largest absolute Gasteiger partial charge is 0.508 e. The number of rotatable bonds is 7. The zero-order chi connectivity index (χ0) is 31.2. The molecule has 0 unspecified atom stereocenters. The second-order valence-electron chi connectivity index (χ2n) is 10.0. The van der Waals surface area contributed by atoms with Crippen LogP contribution in [0.4, 0.5) is 0 Å². The molecule has 1 aromatic heterocycles. The number of fused-ring (bicyclic) bond motifs is 1. The fourth-order valence-corrected chi connectivity index (χ4v) is 4.77. The van der Waals surface area contributed by atoms with Gasteiger partial charge in [-0.05, 0) is 18.2 Å². The van der Waals surface area contributed by atoms with E-state index in [9.17, 15) is 50.8 Å². The van der Waals surface area contributed by atoms with Crippen molar-refractivity contribution in [3.8, 4) is 40.1 Å². The van der Waals surface area contributed by atoms with E-state index < -0.39 is 90.0 Å². The first-order valence-corrected chi connectivity index (χ1v) is 12.9. The monoisotopic (exact) mass is 610 g/mol.